The molecule has 1 saturated heterocycles. The Balaban J connectivity index is 1.75. The molecule has 0 aliphatic carbocycles. The maximum Gasteiger partial charge on any atom is 0.241 e. The fourth-order valence-corrected chi connectivity index (χ4v) is 2.47. The molecule has 0 unspecified atom stereocenters. The molecule has 1 fully saturated rings. The summed E-state index contributed by atoms with van der Waals surface area (Å²) in [4.78, 5) is 28.9. The Bertz CT molecular complexity index is 554. The number of nitrogens with one attached hydrogen (secondary N) is 1. The van der Waals surface area contributed by atoms with Crippen molar-refractivity contribution in [3.63, 3.8) is 0 Å². The van der Waals surface area contributed by atoms with Crippen molar-refractivity contribution in [2.45, 2.75) is 0 Å². The van der Waals surface area contributed by atoms with Crippen LogP contribution < -0.4 is 10.2 Å². The summed E-state index contributed by atoms with van der Waals surface area (Å²) in [5.41, 5.74) is 0.827. The van der Waals surface area contributed by atoms with Crippen LogP contribution in [0.4, 0.5) is 5.69 Å². The molecule has 0 saturated carbocycles. The fraction of sp³-hybridized carbons (Fsp3) is 0.500. The monoisotopic (exact) mass is 320 g/mol. The zero-order chi connectivity index (χ0) is 16.8. The van der Waals surface area contributed by atoms with Crippen LogP contribution in [0, 0.1) is 0 Å². The van der Waals surface area contributed by atoms with Crippen molar-refractivity contribution < 1.29 is 14.7 Å². The molecule has 2 amide bonds. The molecule has 7 nitrogen and oxygen atoms in total. The lowest BCUT2D eigenvalue weighted by molar-refractivity contribution is -0.131. The number of anilines is 1. The van der Waals surface area contributed by atoms with Gasteiger partial charge in [-0.15, -0.1) is 0 Å². The van der Waals surface area contributed by atoms with Gasteiger partial charge in [-0.1, -0.05) is 12.1 Å². The van der Waals surface area contributed by atoms with E-state index in [0.29, 0.717) is 0 Å². The maximum atomic E-state index is 11.9. The van der Waals surface area contributed by atoms with Gasteiger partial charge in [-0.25, -0.2) is 0 Å². The molecule has 23 heavy (non-hydrogen) atoms. The Kier molecular flexibility index (Phi) is 5.81. The van der Waals surface area contributed by atoms with Crippen molar-refractivity contribution >= 4 is 17.5 Å². The van der Waals surface area contributed by atoms with E-state index in [1.165, 1.54) is 4.90 Å². The molecule has 0 radical (unpaired) electrons. The predicted molar refractivity (Wildman–Crippen MR) is 88.5 cm³/mol. The van der Waals surface area contributed by atoms with Gasteiger partial charge in [0.2, 0.25) is 11.8 Å². The highest BCUT2D eigenvalue weighted by Crippen LogP contribution is 2.26. The Morgan fingerprint density at radius 2 is 1.83 bits per heavy atom. The van der Waals surface area contributed by atoms with Crippen molar-refractivity contribution in [2.75, 3.05) is 58.3 Å². The molecule has 1 aliphatic rings. The summed E-state index contributed by atoms with van der Waals surface area (Å²) in [6, 6.07) is 7.27. The van der Waals surface area contributed by atoms with E-state index >= 15 is 0 Å². The number of para-hydroxylation sites is 2. The van der Waals surface area contributed by atoms with Crippen LogP contribution in [0.25, 0.3) is 0 Å². The molecule has 0 spiro atoms. The molecule has 1 aliphatic heterocycles. The largest absolute Gasteiger partial charge is 0.506 e. The van der Waals surface area contributed by atoms with E-state index in [9.17, 15) is 14.7 Å². The summed E-state index contributed by atoms with van der Waals surface area (Å²) in [5.74, 6) is 0.0137. The topological polar surface area (TPSA) is 76.1 Å². The van der Waals surface area contributed by atoms with Gasteiger partial charge in [-0.05, 0) is 12.1 Å². The van der Waals surface area contributed by atoms with Crippen LogP contribution in [0.15, 0.2) is 24.3 Å². The molecule has 1 heterocycles. The summed E-state index contributed by atoms with van der Waals surface area (Å²) < 4.78 is 0. The lowest BCUT2D eigenvalue weighted by atomic mass is 10.2. The van der Waals surface area contributed by atoms with E-state index in [4.69, 9.17) is 0 Å². The van der Waals surface area contributed by atoms with Crippen LogP contribution in [-0.4, -0.2) is 80.1 Å². The van der Waals surface area contributed by atoms with Gasteiger partial charge >= 0.3 is 0 Å². The van der Waals surface area contributed by atoms with Crippen LogP contribution in [0.5, 0.6) is 5.75 Å². The normalized spacial score (nSPS) is 15.3. The molecule has 126 valence electrons. The Labute approximate surface area is 136 Å². The van der Waals surface area contributed by atoms with E-state index in [1.807, 2.05) is 17.0 Å². The van der Waals surface area contributed by atoms with Gasteiger partial charge in [0.15, 0.2) is 0 Å². The van der Waals surface area contributed by atoms with Gasteiger partial charge in [0, 0.05) is 40.3 Å². The number of aromatic hydroxyl groups is 1. The first-order chi connectivity index (χ1) is 11.0. The highest BCUT2D eigenvalue weighted by molar-refractivity contribution is 5.85. The van der Waals surface area contributed by atoms with Gasteiger partial charge < -0.3 is 20.2 Å². The van der Waals surface area contributed by atoms with Gasteiger partial charge in [0.1, 0.15) is 5.75 Å². The first kappa shape index (κ1) is 17.1. The summed E-state index contributed by atoms with van der Waals surface area (Å²) >= 11 is 0. The van der Waals surface area contributed by atoms with Crippen LogP contribution in [0.1, 0.15) is 0 Å². The third-order valence-corrected chi connectivity index (χ3v) is 3.90. The van der Waals surface area contributed by atoms with Crippen molar-refractivity contribution in [1.82, 2.24) is 15.1 Å². The Morgan fingerprint density at radius 3 is 2.43 bits per heavy atom. The van der Waals surface area contributed by atoms with Crippen molar-refractivity contribution in [2.24, 2.45) is 0 Å². The van der Waals surface area contributed by atoms with E-state index < -0.39 is 0 Å². The molecule has 7 heteroatoms. The van der Waals surface area contributed by atoms with Gasteiger partial charge in [-0.3, -0.25) is 14.5 Å². The number of phenolic OH excluding ortho intramolecular Hbond substituents is 1. The molecule has 2 N–H and O–H groups in total. The number of nitrogens with zero attached hydrogens (tertiary/aromatic N) is 3. The molecule has 0 atom stereocenters. The Hall–Kier alpha value is -2.28. The van der Waals surface area contributed by atoms with Crippen molar-refractivity contribution in [1.29, 1.82) is 0 Å². The number of phenols is 1. The molecule has 1 aromatic rings. The number of carbonyl (C=O) groups is 2. The number of rotatable bonds is 5. The lowest BCUT2D eigenvalue weighted by Gasteiger charge is -2.35. The first-order valence-electron chi connectivity index (χ1n) is 7.69. The van der Waals surface area contributed by atoms with Crippen LogP contribution in [0.3, 0.4) is 0 Å². The zero-order valence-electron chi connectivity index (χ0n) is 13.7. The lowest BCUT2D eigenvalue weighted by Crippen LogP contribution is -2.50. The smallest absolute Gasteiger partial charge is 0.241 e. The second kappa shape index (κ2) is 7.82. The molecule has 1 aromatic carbocycles. The number of hydrogen-bond acceptors (Lipinski definition) is 5. The third-order valence-electron chi connectivity index (χ3n) is 3.90. The molecule has 0 aromatic heterocycles. The van der Waals surface area contributed by atoms with Gasteiger partial charge in [0.25, 0.3) is 0 Å². The van der Waals surface area contributed by atoms with E-state index in [0.717, 1.165) is 31.9 Å². The summed E-state index contributed by atoms with van der Waals surface area (Å²) in [7, 11) is 3.32. The second-order valence-electron chi connectivity index (χ2n) is 5.82. The number of amides is 2. The third kappa shape index (κ3) is 4.85. The van der Waals surface area contributed by atoms with Crippen LogP contribution >= 0.6 is 0 Å². The minimum Gasteiger partial charge on any atom is -0.506 e. The SMILES string of the molecule is CN(C)C(=O)CNC(=O)CN1CCN(c2ccccc2O)CC1. The maximum absolute atomic E-state index is 11.9. The van der Waals surface area contributed by atoms with Gasteiger partial charge in [0.05, 0.1) is 18.8 Å². The van der Waals surface area contributed by atoms with Crippen LogP contribution in [-0.2, 0) is 9.59 Å². The Morgan fingerprint density at radius 1 is 1.17 bits per heavy atom. The number of piperazine rings is 1. The number of benzene rings is 1. The molecular formula is C16H24N4O3. The molecular weight excluding hydrogens is 296 g/mol. The summed E-state index contributed by atoms with van der Waals surface area (Å²) in [5, 5.41) is 12.5. The minimum atomic E-state index is -0.142. The molecule has 0 bridgehead atoms. The average molecular weight is 320 g/mol. The van der Waals surface area contributed by atoms with E-state index in [2.05, 4.69) is 10.2 Å². The second-order valence-corrected chi connectivity index (χ2v) is 5.82. The quantitative estimate of drug-likeness (QED) is 0.780. The first-order valence-corrected chi connectivity index (χ1v) is 7.69. The van der Waals surface area contributed by atoms with E-state index in [-0.39, 0.29) is 30.7 Å². The summed E-state index contributed by atoms with van der Waals surface area (Å²) in [6.45, 7) is 3.30. The van der Waals surface area contributed by atoms with Crippen molar-refractivity contribution in [3.05, 3.63) is 24.3 Å². The number of carbonyl (C=O) groups excluding carboxylic acids is 2. The van der Waals surface area contributed by atoms with Crippen molar-refractivity contribution in [3.8, 4) is 5.75 Å². The van der Waals surface area contributed by atoms with Crippen LogP contribution in [0.2, 0.25) is 0 Å². The highest BCUT2D eigenvalue weighted by atomic mass is 16.3. The highest BCUT2D eigenvalue weighted by Gasteiger charge is 2.20. The standard InChI is InChI=1S/C16H24N4O3/c1-18(2)16(23)11-17-15(22)12-19-7-9-20(10-8-19)13-5-3-4-6-14(13)21/h3-6,21H,7-12H2,1-2H3,(H,17,22). The van der Waals surface area contributed by atoms with E-state index in [1.54, 1.807) is 26.2 Å². The number of hydrogen-bond donors (Lipinski definition) is 2. The minimum absolute atomic E-state index is 0.0314. The molecule has 2 rings (SSSR count). The number of likely N-dealkylation sites (N-methyl/N-ethyl adjacent to an activating group) is 1. The summed E-state index contributed by atoms with van der Waals surface area (Å²) in [6.07, 6.45) is 0. The predicted octanol–water partition coefficient (Wildman–Crippen LogP) is -0.281. The van der Waals surface area contributed by atoms with Gasteiger partial charge in [-0.2, -0.15) is 0 Å². The zero-order valence-corrected chi connectivity index (χ0v) is 13.7. The fourth-order valence-electron chi connectivity index (χ4n) is 2.47. The average Bonchev–Trinajstić information content (AvgIpc) is 2.54.